The summed E-state index contributed by atoms with van der Waals surface area (Å²) >= 11 is 1.47. The van der Waals surface area contributed by atoms with Gasteiger partial charge in [-0.25, -0.2) is 4.79 Å². The molecule has 6 heteroatoms. The molecule has 1 amide bonds. The number of hydrogen-bond acceptors (Lipinski definition) is 5. The fourth-order valence-electron chi connectivity index (χ4n) is 2.08. The Hall–Kier alpha value is -2.34. The molecule has 2 aromatic rings. The fraction of sp³-hybridized carbons (Fsp3) is 0.333. The lowest BCUT2D eigenvalue weighted by Gasteiger charge is -2.20. The third-order valence-electron chi connectivity index (χ3n) is 3.14. The van der Waals surface area contributed by atoms with E-state index >= 15 is 0 Å². The number of hydrogen-bond donors (Lipinski definition) is 1. The van der Waals surface area contributed by atoms with E-state index < -0.39 is 11.7 Å². The van der Waals surface area contributed by atoms with Crippen molar-refractivity contribution in [3.05, 3.63) is 46.2 Å². The van der Waals surface area contributed by atoms with E-state index in [2.05, 4.69) is 5.32 Å². The summed E-state index contributed by atoms with van der Waals surface area (Å²) in [7, 11) is 1.56. The van der Waals surface area contributed by atoms with Crippen LogP contribution >= 0.6 is 11.3 Å². The SMILES string of the molecule is COc1ccc(NC(=O)OC(C)(C)C)c(CC(=O)c2ccsc2)c1. The number of carbonyl (C=O) groups is 2. The number of ketones is 1. The zero-order valence-corrected chi connectivity index (χ0v) is 15.0. The summed E-state index contributed by atoms with van der Waals surface area (Å²) < 4.78 is 10.5. The highest BCUT2D eigenvalue weighted by Gasteiger charge is 2.18. The van der Waals surface area contributed by atoms with Crippen molar-refractivity contribution in [2.45, 2.75) is 32.8 Å². The summed E-state index contributed by atoms with van der Waals surface area (Å²) in [6.45, 7) is 5.38. The lowest BCUT2D eigenvalue weighted by molar-refractivity contribution is 0.0635. The van der Waals surface area contributed by atoms with Crippen molar-refractivity contribution >= 4 is 28.9 Å². The highest BCUT2D eigenvalue weighted by atomic mass is 32.1. The van der Waals surface area contributed by atoms with E-state index in [-0.39, 0.29) is 12.2 Å². The van der Waals surface area contributed by atoms with E-state index in [0.29, 0.717) is 22.6 Å². The number of benzene rings is 1. The molecule has 1 aromatic heterocycles. The molecule has 1 aromatic carbocycles. The summed E-state index contributed by atoms with van der Waals surface area (Å²) in [5, 5.41) is 6.37. The molecule has 0 aliphatic heterocycles. The Bertz CT molecular complexity index is 717. The van der Waals surface area contributed by atoms with Crippen molar-refractivity contribution in [3.63, 3.8) is 0 Å². The molecule has 0 bridgehead atoms. The van der Waals surface area contributed by atoms with Gasteiger partial charge in [-0.05, 0) is 56.0 Å². The molecule has 0 aliphatic rings. The first-order chi connectivity index (χ1) is 11.3. The molecule has 0 radical (unpaired) electrons. The molecule has 0 spiro atoms. The largest absolute Gasteiger partial charge is 0.497 e. The van der Waals surface area contributed by atoms with Crippen LogP contribution in [0.2, 0.25) is 0 Å². The predicted octanol–water partition coefficient (Wildman–Crippen LogP) is 4.53. The van der Waals surface area contributed by atoms with Crippen molar-refractivity contribution in [2.24, 2.45) is 0 Å². The van der Waals surface area contributed by atoms with Gasteiger partial charge in [0.2, 0.25) is 0 Å². The number of anilines is 1. The van der Waals surface area contributed by atoms with Crippen LogP contribution in [-0.2, 0) is 11.2 Å². The van der Waals surface area contributed by atoms with Crippen molar-refractivity contribution in [3.8, 4) is 5.75 Å². The van der Waals surface area contributed by atoms with Crippen LogP contribution in [0.4, 0.5) is 10.5 Å². The molecule has 1 N–H and O–H groups in total. The molecule has 1 heterocycles. The van der Waals surface area contributed by atoms with Crippen LogP contribution in [0.1, 0.15) is 36.7 Å². The summed E-state index contributed by atoms with van der Waals surface area (Å²) in [4.78, 5) is 24.4. The van der Waals surface area contributed by atoms with Crippen LogP contribution in [0, 0.1) is 0 Å². The topological polar surface area (TPSA) is 64.6 Å². The van der Waals surface area contributed by atoms with E-state index in [4.69, 9.17) is 9.47 Å². The van der Waals surface area contributed by atoms with Crippen LogP contribution in [-0.4, -0.2) is 24.6 Å². The first-order valence-electron chi connectivity index (χ1n) is 7.51. The summed E-state index contributed by atoms with van der Waals surface area (Å²) in [5.41, 5.74) is 1.28. The van der Waals surface area contributed by atoms with Gasteiger partial charge in [-0.3, -0.25) is 10.1 Å². The van der Waals surface area contributed by atoms with E-state index in [1.54, 1.807) is 52.1 Å². The van der Waals surface area contributed by atoms with Crippen molar-refractivity contribution in [2.75, 3.05) is 12.4 Å². The van der Waals surface area contributed by atoms with Gasteiger partial charge in [0, 0.05) is 23.1 Å². The Balaban J connectivity index is 2.21. The molecule has 24 heavy (non-hydrogen) atoms. The van der Waals surface area contributed by atoms with Crippen molar-refractivity contribution in [1.29, 1.82) is 0 Å². The molecule has 0 unspecified atom stereocenters. The van der Waals surface area contributed by atoms with Gasteiger partial charge < -0.3 is 9.47 Å². The molecular weight excluding hydrogens is 326 g/mol. The average Bonchev–Trinajstić information content (AvgIpc) is 3.01. The average molecular weight is 347 g/mol. The number of amides is 1. The molecule has 5 nitrogen and oxygen atoms in total. The molecule has 0 saturated heterocycles. The Morgan fingerprint density at radius 1 is 1.21 bits per heavy atom. The smallest absolute Gasteiger partial charge is 0.412 e. The highest BCUT2D eigenvalue weighted by molar-refractivity contribution is 7.08. The first kappa shape index (κ1) is 18.0. The Labute approximate surface area is 145 Å². The molecule has 2 rings (SSSR count). The monoisotopic (exact) mass is 347 g/mol. The third-order valence-corrected chi connectivity index (χ3v) is 3.83. The van der Waals surface area contributed by atoms with E-state index in [1.807, 2.05) is 10.8 Å². The predicted molar refractivity (Wildman–Crippen MR) is 95.2 cm³/mol. The van der Waals surface area contributed by atoms with Gasteiger partial charge in [-0.2, -0.15) is 11.3 Å². The second kappa shape index (κ2) is 7.49. The number of rotatable bonds is 5. The Morgan fingerprint density at radius 3 is 2.54 bits per heavy atom. The number of ether oxygens (including phenoxy) is 2. The minimum absolute atomic E-state index is 0.0169. The summed E-state index contributed by atoms with van der Waals surface area (Å²) in [6, 6.07) is 6.97. The molecule has 0 saturated carbocycles. The molecule has 128 valence electrons. The van der Waals surface area contributed by atoms with Crippen molar-refractivity contribution < 1.29 is 19.1 Å². The third kappa shape index (κ3) is 5.09. The van der Waals surface area contributed by atoms with Gasteiger partial charge in [0.25, 0.3) is 0 Å². The second-order valence-corrected chi connectivity index (χ2v) is 7.04. The number of Topliss-reactive ketones (excluding diaryl/α,β-unsaturated/α-hetero) is 1. The minimum atomic E-state index is -0.594. The zero-order valence-electron chi connectivity index (χ0n) is 14.2. The molecule has 0 atom stereocenters. The first-order valence-corrected chi connectivity index (χ1v) is 8.45. The lowest BCUT2D eigenvalue weighted by Crippen LogP contribution is -2.27. The maximum Gasteiger partial charge on any atom is 0.412 e. The molecule has 0 fully saturated rings. The zero-order chi connectivity index (χ0) is 17.7. The van der Waals surface area contributed by atoms with Gasteiger partial charge in [0.15, 0.2) is 5.78 Å². The Kier molecular flexibility index (Phi) is 5.62. The summed E-state index contributed by atoms with van der Waals surface area (Å²) in [5.74, 6) is 0.606. The summed E-state index contributed by atoms with van der Waals surface area (Å²) in [6.07, 6.45) is -0.393. The van der Waals surface area contributed by atoms with Crippen LogP contribution in [0.15, 0.2) is 35.0 Å². The number of nitrogens with one attached hydrogen (secondary N) is 1. The van der Waals surface area contributed by atoms with Crippen LogP contribution in [0.25, 0.3) is 0 Å². The quantitative estimate of drug-likeness (QED) is 0.807. The Morgan fingerprint density at radius 2 is 1.96 bits per heavy atom. The minimum Gasteiger partial charge on any atom is -0.497 e. The van der Waals surface area contributed by atoms with Gasteiger partial charge in [-0.15, -0.1) is 0 Å². The van der Waals surface area contributed by atoms with E-state index in [9.17, 15) is 9.59 Å². The van der Waals surface area contributed by atoms with Gasteiger partial charge in [0.1, 0.15) is 11.4 Å². The normalized spacial score (nSPS) is 11.0. The second-order valence-electron chi connectivity index (χ2n) is 6.26. The van der Waals surface area contributed by atoms with E-state index in [0.717, 1.165) is 0 Å². The van der Waals surface area contributed by atoms with Crippen molar-refractivity contribution in [1.82, 2.24) is 0 Å². The van der Waals surface area contributed by atoms with E-state index in [1.165, 1.54) is 11.3 Å². The maximum atomic E-state index is 12.4. The maximum absolute atomic E-state index is 12.4. The number of thiophene rings is 1. The number of methoxy groups -OCH3 is 1. The molecule has 0 aliphatic carbocycles. The van der Waals surface area contributed by atoms with Gasteiger partial charge >= 0.3 is 6.09 Å². The molecular formula is C18H21NO4S. The fourth-order valence-corrected chi connectivity index (χ4v) is 2.74. The van der Waals surface area contributed by atoms with Crippen LogP contribution in [0.3, 0.4) is 0 Å². The lowest BCUT2D eigenvalue weighted by atomic mass is 10.0. The van der Waals surface area contributed by atoms with Crippen LogP contribution in [0.5, 0.6) is 5.75 Å². The van der Waals surface area contributed by atoms with Gasteiger partial charge in [-0.1, -0.05) is 0 Å². The number of carbonyl (C=O) groups excluding carboxylic acids is 2. The van der Waals surface area contributed by atoms with Gasteiger partial charge in [0.05, 0.1) is 7.11 Å². The standard InChI is InChI=1S/C18H21NO4S/c1-18(2,3)23-17(21)19-15-6-5-14(22-4)9-13(15)10-16(20)12-7-8-24-11-12/h5-9,11H,10H2,1-4H3,(H,19,21). The highest BCUT2D eigenvalue weighted by Crippen LogP contribution is 2.25. The van der Waals surface area contributed by atoms with Crippen LogP contribution < -0.4 is 10.1 Å².